The summed E-state index contributed by atoms with van der Waals surface area (Å²) < 4.78 is 5.83. The first kappa shape index (κ1) is 21.5. The van der Waals surface area contributed by atoms with Crippen LogP contribution < -0.4 is 15.4 Å². The van der Waals surface area contributed by atoms with E-state index in [4.69, 9.17) is 4.74 Å². The summed E-state index contributed by atoms with van der Waals surface area (Å²) in [6.07, 6.45) is 0. The molecule has 0 saturated heterocycles. The van der Waals surface area contributed by atoms with Crippen LogP contribution >= 0.6 is 0 Å². The van der Waals surface area contributed by atoms with Gasteiger partial charge >= 0.3 is 0 Å². The molecule has 0 unspecified atom stereocenters. The normalized spacial score (nSPS) is 10.3. The van der Waals surface area contributed by atoms with Gasteiger partial charge in [-0.3, -0.25) is 9.59 Å². The quantitative estimate of drug-likeness (QED) is 0.301. The van der Waals surface area contributed by atoms with Gasteiger partial charge < -0.3 is 25.6 Å². The Bertz CT molecular complexity index is 1270. The highest BCUT2D eigenvalue weighted by atomic mass is 16.5. The molecule has 0 saturated carbocycles. The second-order valence-electron chi connectivity index (χ2n) is 7.16. The van der Waals surface area contributed by atoms with E-state index in [0.29, 0.717) is 34.0 Å². The van der Waals surface area contributed by atoms with Gasteiger partial charge in [0.1, 0.15) is 23.0 Å². The molecule has 33 heavy (non-hydrogen) atoms. The molecule has 0 radical (unpaired) electrons. The van der Waals surface area contributed by atoms with Gasteiger partial charge in [-0.15, -0.1) is 0 Å². The first-order valence-electron chi connectivity index (χ1n) is 10.0. The molecule has 0 atom stereocenters. The lowest BCUT2D eigenvalue weighted by Gasteiger charge is -2.10. The highest BCUT2D eigenvalue weighted by Gasteiger charge is 2.10. The molecule has 0 aromatic heterocycles. The van der Waals surface area contributed by atoms with Crippen LogP contribution in [0.5, 0.6) is 23.0 Å². The maximum atomic E-state index is 12.5. The van der Waals surface area contributed by atoms with Crippen molar-refractivity contribution in [3.8, 4) is 23.0 Å². The molecule has 4 rings (SSSR count). The van der Waals surface area contributed by atoms with Crippen LogP contribution in [-0.4, -0.2) is 22.0 Å². The number of amides is 2. The van der Waals surface area contributed by atoms with E-state index < -0.39 is 0 Å². The van der Waals surface area contributed by atoms with E-state index in [9.17, 15) is 19.8 Å². The van der Waals surface area contributed by atoms with Crippen molar-refractivity contribution in [1.82, 2.24) is 0 Å². The zero-order chi connectivity index (χ0) is 23.2. The summed E-state index contributed by atoms with van der Waals surface area (Å²) in [4.78, 5) is 24.9. The molecule has 0 fully saturated rings. The van der Waals surface area contributed by atoms with Gasteiger partial charge in [0, 0.05) is 22.5 Å². The molecule has 4 aromatic carbocycles. The van der Waals surface area contributed by atoms with Crippen molar-refractivity contribution in [2.45, 2.75) is 0 Å². The van der Waals surface area contributed by atoms with E-state index in [2.05, 4.69) is 10.6 Å². The number of ether oxygens (including phenoxy) is 1. The lowest BCUT2D eigenvalue weighted by atomic mass is 10.2. The highest BCUT2D eigenvalue weighted by Crippen LogP contribution is 2.24. The van der Waals surface area contributed by atoms with Crippen LogP contribution in [0.3, 0.4) is 0 Å². The summed E-state index contributed by atoms with van der Waals surface area (Å²) in [5.41, 5.74) is 1.98. The fourth-order valence-electron chi connectivity index (χ4n) is 3.01. The smallest absolute Gasteiger partial charge is 0.255 e. The number of hydrogen-bond acceptors (Lipinski definition) is 5. The molecular formula is C26H20N2O5. The van der Waals surface area contributed by atoms with Crippen LogP contribution in [0.15, 0.2) is 97.1 Å². The van der Waals surface area contributed by atoms with Gasteiger partial charge in [-0.25, -0.2) is 0 Å². The summed E-state index contributed by atoms with van der Waals surface area (Å²) >= 11 is 0. The van der Waals surface area contributed by atoms with Crippen LogP contribution in [0.2, 0.25) is 0 Å². The lowest BCUT2D eigenvalue weighted by molar-refractivity contribution is 0.101. The Morgan fingerprint density at radius 3 is 1.64 bits per heavy atom. The Morgan fingerprint density at radius 1 is 0.576 bits per heavy atom. The number of nitrogens with one attached hydrogen (secondary N) is 2. The van der Waals surface area contributed by atoms with Crippen LogP contribution in [0.4, 0.5) is 11.4 Å². The molecule has 7 nitrogen and oxygen atoms in total. The van der Waals surface area contributed by atoms with Crippen LogP contribution in [-0.2, 0) is 0 Å². The van der Waals surface area contributed by atoms with E-state index in [0.717, 1.165) is 0 Å². The molecule has 7 heteroatoms. The van der Waals surface area contributed by atoms with Crippen molar-refractivity contribution in [3.63, 3.8) is 0 Å². The maximum Gasteiger partial charge on any atom is 0.255 e. The number of phenolic OH excluding ortho intramolecular Hbond substituents is 2. The number of rotatable bonds is 6. The average Bonchev–Trinajstić information content (AvgIpc) is 2.82. The summed E-state index contributed by atoms with van der Waals surface area (Å²) in [6, 6.07) is 25.7. The van der Waals surface area contributed by atoms with Crippen LogP contribution in [0.25, 0.3) is 0 Å². The molecule has 0 spiro atoms. The standard InChI is InChI=1S/C26H20N2O5/c29-21-10-6-19(7-11-21)27-25(31)17-4-14-23(15-5-17)33-24-3-1-2-18(16-24)26(32)28-20-8-12-22(30)13-9-20/h1-16,29-30H,(H,27,31)(H,28,32). The molecule has 0 heterocycles. The summed E-state index contributed by atoms with van der Waals surface area (Å²) in [5.74, 6) is 0.609. The maximum absolute atomic E-state index is 12.5. The number of carbonyl (C=O) groups excluding carboxylic acids is 2. The zero-order valence-corrected chi connectivity index (χ0v) is 17.4. The van der Waals surface area contributed by atoms with Crippen molar-refractivity contribution < 1.29 is 24.5 Å². The highest BCUT2D eigenvalue weighted by molar-refractivity contribution is 6.05. The molecular weight excluding hydrogens is 420 g/mol. The van der Waals surface area contributed by atoms with E-state index in [1.807, 2.05) is 0 Å². The van der Waals surface area contributed by atoms with Crippen molar-refractivity contribution in [1.29, 1.82) is 0 Å². The molecule has 0 aliphatic heterocycles. The number of anilines is 2. The second-order valence-corrected chi connectivity index (χ2v) is 7.16. The number of carbonyl (C=O) groups is 2. The molecule has 2 amide bonds. The minimum atomic E-state index is -0.313. The number of benzene rings is 4. The Balaban J connectivity index is 1.39. The molecule has 0 aliphatic rings. The van der Waals surface area contributed by atoms with Crippen LogP contribution in [0, 0.1) is 0 Å². The predicted molar refractivity (Wildman–Crippen MR) is 125 cm³/mol. The van der Waals surface area contributed by atoms with Crippen molar-refractivity contribution in [3.05, 3.63) is 108 Å². The fraction of sp³-hybridized carbons (Fsp3) is 0. The van der Waals surface area contributed by atoms with Crippen LogP contribution in [0.1, 0.15) is 20.7 Å². The summed E-state index contributed by atoms with van der Waals surface area (Å²) in [5, 5.41) is 24.2. The topological polar surface area (TPSA) is 108 Å². The predicted octanol–water partition coefficient (Wildman–Crippen LogP) is 5.39. The summed E-state index contributed by atoms with van der Waals surface area (Å²) in [7, 11) is 0. The molecule has 0 aliphatic carbocycles. The van der Waals surface area contributed by atoms with Gasteiger partial charge in [-0.05, 0) is 91.0 Å². The van der Waals surface area contributed by atoms with E-state index in [-0.39, 0.29) is 23.3 Å². The fourth-order valence-corrected chi connectivity index (χ4v) is 3.01. The monoisotopic (exact) mass is 440 g/mol. The Morgan fingerprint density at radius 2 is 1.09 bits per heavy atom. The molecule has 164 valence electrons. The lowest BCUT2D eigenvalue weighted by Crippen LogP contribution is -2.11. The molecule has 4 N–H and O–H groups in total. The first-order valence-corrected chi connectivity index (χ1v) is 10.0. The van der Waals surface area contributed by atoms with Gasteiger partial charge in [-0.1, -0.05) is 6.07 Å². The SMILES string of the molecule is O=C(Nc1ccc(O)cc1)c1ccc(Oc2cccc(C(=O)Nc3ccc(O)cc3)c2)cc1. The Labute approximate surface area is 189 Å². The molecule has 0 bridgehead atoms. The Kier molecular flexibility index (Phi) is 6.22. The second kappa shape index (κ2) is 9.57. The van der Waals surface area contributed by atoms with E-state index in [1.54, 1.807) is 72.8 Å². The van der Waals surface area contributed by atoms with E-state index >= 15 is 0 Å². The Hall–Kier alpha value is -4.78. The third kappa shape index (κ3) is 5.68. The minimum Gasteiger partial charge on any atom is -0.508 e. The average molecular weight is 440 g/mol. The zero-order valence-electron chi connectivity index (χ0n) is 17.4. The number of aromatic hydroxyl groups is 2. The van der Waals surface area contributed by atoms with Crippen molar-refractivity contribution >= 4 is 23.2 Å². The third-order valence-electron chi connectivity index (χ3n) is 4.70. The summed E-state index contributed by atoms with van der Waals surface area (Å²) in [6.45, 7) is 0. The first-order chi connectivity index (χ1) is 16.0. The number of phenols is 2. The molecule has 4 aromatic rings. The van der Waals surface area contributed by atoms with Gasteiger partial charge in [0.25, 0.3) is 11.8 Å². The largest absolute Gasteiger partial charge is 0.508 e. The minimum absolute atomic E-state index is 0.118. The van der Waals surface area contributed by atoms with Gasteiger partial charge in [0.05, 0.1) is 0 Å². The van der Waals surface area contributed by atoms with Crippen molar-refractivity contribution in [2.75, 3.05) is 10.6 Å². The van der Waals surface area contributed by atoms with Gasteiger partial charge in [-0.2, -0.15) is 0 Å². The third-order valence-corrected chi connectivity index (χ3v) is 4.70. The number of hydrogen-bond donors (Lipinski definition) is 4. The van der Waals surface area contributed by atoms with Crippen molar-refractivity contribution in [2.24, 2.45) is 0 Å². The van der Waals surface area contributed by atoms with E-state index in [1.165, 1.54) is 24.3 Å². The van der Waals surface area contributed by atoms with Gasteiger partial charge in [0.15, 0.2) is 0 Å². The van der Waals surface area contributed by atoms with Gasteiger partial charge in [0.2, 0.25) is 0 Å².